The van der Waals surface area contributed by atoms with Crippen LogP contribution in [0.2, 0.25) is 0 Å². The molecule has 6 heteroatoms. The Labute approximate surface area is 306 Å². The minimum absolute atomic E-state index is 0.0842. The molecule has 2 atom stereocenters. The number of rotatable bonds is 4. The molecule has 0 saturated heterocycles. The molecule has 2 unspecified atom stereocenters. The maximum atomic E-state index is 5.33. The highest BCUT2D eigenvalue weighted by molar-refractivity contribution is 7.27. The summed E-state index contributed by atoms with van der Waals surface area (Å²) in [6.07, 6.45) is -0.292. The average Bonchev–Trinajstić information content (AvgIpc) is 3.88. The summed E-state index contributed by atoms with van der Waals surface area (Å²) in [6, 6.07) is 55.4. The van der Waals surface area contributed by atoms with Gasteiger partial charge < -0.3 is 5.32 Å². The van der Waals surface area contributed by atoms with Gasteiger partial charge in [-0.15, -0.1) is 34.0 Å². The molecule has 3 aromatic heterocycles. The number of fused-ring (bicyclic) bond motifs is 9. The van der Waals surface area contributed by atoms with E-state index >= 15 is 0 Å². The second-order valence-corrected chi connectivity index (χ2v) is 16.4. The van der Waals surface area contributed by atoms with Crippen LogP contribution in [0.3, 0.4) is 0 Å². The van der Waals surface area contributed by atoms with E-state index in [1.165, 1.54) is 77.2 Å². The van der Waals surface area contributed by atoms with Crippen LogP contribution in [-0.2, 0) is 0 Å². The molecule has 0 aliphatic carbocycles. The normalized spacial score (nSPS) is 16.4. The minimum Gasteiger partial charge on any atom is -0.350 e. The number of aliphatic imine (C=N–C) groups is 1. The molecule has 3 nitrogen and oxygen atoms in total. The van der Waals surface area contributed by atoms with E-state index in [1.54, 1.807) is 0 Å². The van der Waals surface area contributed by atoms with Crippen LogP contribution >= 0.6 is 34.0 Å². The summed E-state index contributed by atoms with van der Waals surface area (Å²) in [5, 5.41) is 15.4. The summed E-state index contributed by atoms with van der Waals surface area (Å²) in [7, 11) is 0. The smallest absolute Gasteiger partial charge is 0.131 e. The van der Waals surface area contributed by atoms with Gasteiger partial charge in [-0.05, 0) is 58.7 Å². The molecule has 4 heterocycles. The predicted octanol–water partition coefficient (Wildman–Crippen LogP) is 12.8. The number of nitrogens with one attached hydrogen (secondary N) is 2. The highest BCUT2D eigenvalue weighted by Crippen LogP contribution is 2.43. The first kappa shape index (κ1) is 29.4. The van der Waals surface area contributed by atoms with Crippen molar-refractivity contribution >= 4 is 100 Å². The first-order valence-electron chi connectivity index (χ1n) is 17.2. The van der Waals surface area contributed by atoms with Crippen molar-refractivity contribution in [2.45, 2.75) is 12.3 Å². The third kappa shape index (κ3) is 4.83. The van der Waals surface area contributed by atoms with Crippen molar-refractivity contribution in [3.05, 3.63) is 168 Å². The fraction of sp³-hybridized carbons (Fsp3) is 0.0444. The van der Waals surface area contributed by atoms with Gasteiger partial charge in [0.15, 0.2) is 0 Å². The molecular formula is C45H29N3S3. The topological polar surface area (TPSA) is 36.4 Å². The van der Waals surface area contributed by atoms with Gasteiger partial charge in [-0.2, -0.15) is 0 Å². The van der Waals surface area contributed by atoms with Gasteiger partial charge >= 0.3 is 0 Å². The molecule has 1 aliphatic rings. The van der Waals surface area contributed by atoms with E-state index in [1.807, 2.05) is 34.0 Å². The van der Waals surface area contributed by atoms with E-state index in [4.69, 9.17) is 4.99 Å². The van der Waals surface area contributed by atoms with Crippen molar-refractivity contribution in [2.24, 2.45) is 4.99 Å². The van der Waals surface area contributed by atoms with E-state index in [-0.39, 0.29) is 12.3 Å². The lowest BCUT2D eigenvalue weighted by Gasteiger charge is -2.32. The molecule has 10 aromatic rings. The quantitative estimate of drug-likeness (QED) is 0.191. The van der Waals surface area contributed by atoms with Gasteiger partial charge in [0.1, 0.15) is 18.2 Å². The predicted molar refractivity (Wildman–Crippen MR) is 222 cm³/mol. The molecule has 242 valence electrons. The molecule has 11 rings (SSSR count). The lowest BCUT2D eigenvalue weighted by Crippen LogP contribution is -2.44. The third-order valence-corrected chi connectivity index (χ3v) is 13.7. The SMILES string of the molecule is c1ccc(C2NC(c3ccc4c(c3)sc3ccccc34)=NC(c3ccc4c(c3)sc3ccc(-c5cccc6c5sc5ccccc56)cc34)N2)cc1. The highest BCUT2D eigenvalue weighted by Gasteiger charge is 2.26. The Morgan fingerprint density at radius 3 is 1.94 bits per heavy atom. The number of hydrogen-bond donors (Lipinski definition) is 2. The van der Waals surface area contributed by atoms with Crippen LogP contribution < -0.4 is 10.6 Å². The molecule has 2 N–H and O–H groups in total. The van der Waals surface area contributed by atoms with Gasteiger partial charge in [-0.1, -0.05) is 115 Å². The van der Waals surface area contributed by atoms with Crippen molar-refractivity contribution in [3.63, 3.8) is 0 Å². The summed E-state index contributed by atoms with van der Waals surface area (Å²) in [5.41, 5.74) is 6.01. The highest BCUT2D eigenvalue weighted by atomic mass is 32.1. The van der Waals surface area contributed by atoms with Crippen LogP contribution in [0, 0.1) is 0 Å². The zero-order valence-corrected chi connectivity index (χ0v) is 29.7. The van der Waals surface area contributed by atoms with Crippen LogP contribution in [0.25, 0.3) is 71.6 Å². The zero-order valence-electron chi connectivity index (χ0n) is 27.3. The number of hydrogen-bond acceptors (Lipinski definition) is 6. The molecule has 7 aromatic carbocycles. The van der Waals surface area contributed by atoms with Gasteiger partial charge in [-0.25, -0.2) is 4.99 Å². The van der Waals surface area contributed by atoms with Gasteiger partial charge in [0.05, 0.1) is 0 Å². The third-order valence-electron chi connectivity index (χ3n) is 10.2. The summed E-state index contributed by atoms with van der Waals surface area (Å²) in [4.78, 5) is 5.33. The maximum absolute atomic E-state index is 5.33. The summed E-state index contributed by atoms with van der Waals surface area (Å²) < 4.78 is 7.85. The molecule has 1 aliphatic heterocycles. The second kappa shape index (κ2) is 11.6. The van der Waals surface area contributed by atoms with Crippen molar-refractivity contribution in [2.75, 3.05) is 0 Å². The fourth-order valence-corrected chi connectivity index (χ4v) is 11.2. The number of benzene rings is 7. The van der Waals surface area contributed by atoms with Crippen LogP contribution in [0.4, 0.5) is 0 Å². The number of nitrogens with zero attached hydrogens (tertiary/aromatic N) is 1. The van der Waals surface area contributed by atoms with Crippen molar-refractivity contribution in [1.82, 2.24) is 10.6 Å². The molecule has 0 bridgehead atoms. The molecule has 0 fully saturated rings. The molecule has 0 radical (unpaired) electrons. The molecule has 51 heavy (non-hydrogen) atoms. The largest absolute Gasteiger partial charge is 0.350 e. The average molecular weight is 708 g/mol. The fourth-order valence-electron chi connectivity index (χ4n) is 7.67. The van der Waals surface area contributed by atoms with E-state index < -0.39 is 0 Å². The van der Waals surface area contributed by atoms with Crippen molar-refractivity contribution < 1.29 is 0 Å². The molecule has 0 saturated carbocycles. The first-order chi connectivity index (χ1) is 25.2. The molecular weight excluding hydrogens is 679 g/mol. The van der Waals surface area contributed by atoms with Crippen molar-refractivity contribution in [3.8, 4) is 11.1 Å². The van der Waals surface area contributed by atoms with E-state index in [0.717, 1.165) is 17.0 Å². The Bertz CT molecular complexity index is 3000. The Morgan fingerprint density at radius 1 is 0.431 bits per heavy atom. The Balaban J connectivity index is 1.00. The lowest BCUT2D eigenvalue weighted by molar-refractivity contribution is 0.409. The van der Waals surface area contributed by atoms with E-state index in [2.05, 4.69) is 162 Å². The second-order valence-electron chi connectivity index (χ2n) is 13.2. The molecule has 0 amide bonds. The van der Waals surface area contributed by atoms with Crippen LogP contribution in [0.1, 0.15) is 29.0 Å². The standard InChI is InChI=1S/C45H29N3S3/c1-2-9-26(10-3-1)43-46-44(28-17-20-33-31-11-4-6-15-37(31)49-40(33)24-28)48-45(47-43)29-18-21-34-36-23-27(19-22-39(36)50-41(34)25-29)30-13-8-14-35-32-12-5-7-16-38(32)51-42(30)35/h1-25,43,45,47H,(H,46,48). The number of amidine groups is 1. The lowest BCUT2D eigenvalue weighted by atomic mass is 10.00. The first-order valence-corrected chi connectivity index (χ1v) is 19.6. The van der Waals surface area contributed by atoms with E-state index in [9.17, 15) is 0 Å². The van der Waals surface area contributed by atoms with Crippen LogP contribution in [-0.4, -0.2) is 5.84 Å². The van der Waals surface area contributed by atoms with Gasteiger partial charge in [0.2, 0.25) is 0 Å². The maximum Gasteiger partial charge on any atom is 0.131 e. The Morgan fingerprint density at radius 2 is 1.08 bits per heavy atom. The van der Waals surface area contributed by atoms with Crippen LogP contribution in [0.5, 0.6) is 0 Å². The monoisotopic (exact) mass is 707 g/mol. The molecule has 0 spiro atoms. The van der Waals surface area contributed by atoms with Gasteiger partial charge in [-0.3, -0.25) is 5.32 Å². The summed E-state index contributed by atoms with van der Waals surface area (Å²) in [5.74, 6) is 0.906. The van der Waals surface area contributed by atoms with Crippen LogP contribution in [0.15, 0.2) is 157 Å². The minimum atomic E-state index is -0.208. The Kier molecular flexibility index (Phi) is 6.67. The van der Waals surface area contributed by atoms with Gasteiger partial charge in [0.25, 0.3) is 0 Å². The van der Waals surface area contributed by atoms with E-state index in [0.29, 0.717) is 0 Å². The summed E-state index contributed by atoms with van der Waals surface area (Å²) >= 11 is 5.59. The van der Waals surface area contributed by atoms with Gasteiger partial charge in [0, 0.05) is 66.1 Å². The summed E-state index contributed by atoms with van der Waals surface area (Å²) in [6.45, 7) is 0. The Hall–Kier alpha value is -5.37. The van der Waals surface area contributed by atoms with Crippen molar-refractivity contribution in [1.29, 1.82) is 0 Å². The zero-order chi connectivity index (χ0) is 33.5. The number of thiophene rings is 3.